The molecule has 3 unspecified atom stereocenters. The molecule has 70 heavy (non-hydrogen) atoms. The number of hydrogen-bond donors (Lipinski definition) is 3. The van der Waals surface area contributed by atoms with Crippen molar-refractivity contribution < 1.29 is 33.8 Å². The van der Waals surface area contributed by atoms with Gasteiger partial charge in [-0.2, -0.15) is 0 Å². The van der Waals surface area contributed by atoms with E-state index in [0.717, 1.165) is 87.6 Å². The van der Waals surface area contributed by atoms with Gasteiger partial charge in [0.05, 0.1) is 42.7 Å². The zero-order chi connectivity index (χ0) is 51.2. The number of ketones is 1. The lowest BCUT2D eigenvalue weighted by molar-refractivity contribution is -0.118. The third kappa shape index (κ3) is 9.37. The lowest BCUT2D eigenvalue weighted by atomic mass is 9.82. The van der Waals surface area contributed by atoms with Crippen LogP contribution in [0.15, 0.2) is 47.2 Å². The van der Waals surface area contributed by atoms with Crippen LogP contribution in [0.5, 0.6) is 11.5 Å². The standard InChI is InChI=1S/C48H55N5O7.C5H12.C3H8.C2H6/c1-8-12-14-36(55)39-43-29(16-18-52(43)46(57)34-21-31-28-15-17-51(38(56)11-4)42(28)30(13-9-2)44(59-6)40(31)49-34)32-22-35(50-41(32)45(39)60-7)47(58)53-24-26-23-48(26)33(25(5)10-3)19-27(54)20-37(48)53;1-3-5-4-2;1-3-2;1-2/h10,19-22,26,36,49-50,55H,8-9,11-18,23-24H2,1-7H3;3-5H2,1-2H3;3H2,1-2H3;1-2H3/b25-10-;;;. The Bertz CT molecular complexity index is 2700. The molecule has 3 atom stereocenters. The molecule has 380 valence electrons. The molecule has 3 aliphatic heterocycles. The highest BCUT2D eigenvalue weighted by atomic mass is 16.5. The van der Waals surface area contributed by atoms with Crippen LogP contribution in [0.25, 0.3) is 21.8 Å². The fraction of sp³-hybridized carbons (Fsp3) is 0.552. The highest BCUT2D eigenvalue weighted by molar-refractivity contribution is 6.14. The first-order valence-corrected chi connectivity index (χ1v) is 26.5. The molecule has 3 amide bonds. The summed E-state index contributed by atoms with van der Waals surface area (Å²) in [5, 5.41) is 13.6. The monoisotopic (exact) mass is 960 g/mol. The number of methoxy groups -OCH3 is 2. The van der Waals surface area contributed by atoms with Gasteiger partial charge in [-0.1, -0.05) is 119 Å². The molecule has 5 heterocycles. The predicted molar refractivity (Wildman–Crippen MR) is 285 cm³/mol. The smallest absolute Gasteiger partial charge is 0.274 e. The number of likely N-dealkylation sites (tertiary alicyclic amines) is 1. The summed E-state index contributed by atoms with van der Waals surface area (Å²) in [4.78, 5) is 67.9. The minimum Gasteiger partial charge on any atom is -0.494 e. The largest absolute Gasteiger partial charge is 0.494 e. The van der Waals surface area contributed by atoms with E-state index in [4.69, 9.17) is 9.47 Å². The number of H-pyrrole nitrogens is 2. The molecular formula is C58H81N5O7. The molecule has 2 aliphatic carbocycles. The number of fused-ring (bicyclic) bond motifs is 6. The fourth-order valence-corrected chi connectivity index (χ4v) is 11.3. The highest BCUT2D eigenvalue weighted by Gasteiger charge is 2.67. The van der Waals surface area contributed by atoms with Crippen LogP contribution in [-0.4, -0.2) is 77.3 Å². The van der Waals surface area contributed by atoms with Crippen molar-refractivity contribution in [3.8, 4) is 11.5 Å². The molecule has 2 aromatic heterocycles. The molecule has 12 nitrogen and oxygen atoms in total. The van der Waals surface area contributed by atoms with Gasteiger partial charge in [-0.05, 0) is 86.8 Å². The van der Waals surface area contributed by atoms with Crippen LogP contribution >= 0.6 is 0 Å². The number of allylic oxidation sites excluding steroid dienone is 5. The summed E-state index contributed by atoms with van der Waals surface area (Å²) in [7, 11) is 3.19. The molecule has 5 aliphatic rings. The zero-order valence-corrected chi connectivity index (χ0v) is 44.6. The molecule has 1 saturated heterocycles. The third-order valence-corrected chi connectivity index (χ3v) is 14.6. The van der Waals surface area contributed by atoms with E-state index in [9.17, 15) is 24.3 Å². The number of anilines is 2. The number of carbonyl (C=O) groups excluding carboxylic acids is 4. The van der Waals surface area contributed by atoms with Gasteiger partial charge in [-0.25, -0.2) is 0 Å². The quantitative estimate of drug-likeness (QED) is 0.114. The summed E-state index contributed by atoms with van der Waals surface area (Å²) in [6.07, 6.45) is 15.9. The third-order valence-electron chi connectivity index (χ3n) is 14.6. The van der Waals surface area contributed by atoms with Gasteiger partial charge in [0.2, 0.25) is 5.91 Å². The number of carbonyl (C=O) groups is 4. The summed E-state index contributed by atoms with van der Waals surface area (Å²) >= 11 is 0. The van der Waals surface area contributed by atoms with E-state index in [1.807, 2.05) is 57.7 Å². The van der Waals surface area contributed by atoms with Gasteiger partial charge in [0.25, 0.3) is 11.8 Å². The van der Waals surface area contributed by atoms with Crippen LogP contribution in [0, 0.1) is 11.3 Å². The summed E-state index contributed by atoms with van der Waals surface area (Å²) in [5.41, 5.74) is 9.46. The maximum atomic E-state index is 15.0. The summed E-state index contributed by atoms with van der Waals surface area (Å²) < 4.78 is 12.2. The Morgan fingerprint density at radius 1 is 0.800 bits per heavy atom. The number of aliphatic hydroxyl groups is 1. The molecule has 2 fully saturated rings. The molecule has 9 rings (SSSR count). The van der Waals surface area contributed by atoms with Gasteiger partial charge in [-0.3, -0.25) is 19.2 Å². The highest BCUT2D eigenvalue weighted by Crippen LogP contribution is 2.70. The summed E-state index contributed by atoms with van der Waals surface area (Å²) in [5.74, 6) is 0.740. The number of nitrogens with one attached hydrogen (secondary N) is 2. The number of ether oxygens (including phenoxy) is 2. The number of aromatic nitrogens is 2. The topological polar surface area (TPSA) is 148 Å². The first kappa shape index (κ1) is 53.7. The van der Waals surface area contributed by atoms with Gasteiger partial charge >= 0.3 is 0 Å². The van der Waals surface area contributed by atoms with Gasteiger partial charge in [0.1, 0.15) is 17.1 Å². The van der Waals surface area contributed by atoms with E-state index in [2.05, 4.69) is 51.5 Å². The van der Waals surface area contributed by atoms with E-state index in [-0.39, 0.29) is 34.8 Å². The van der Waals surface area contributed by atoms with E-state index in [1.165, 1.54) is 25.7 Å². The minimum absolute atomic E-state index is 0.0601. The van der Waals surface area contributed by atoms with Gasteiger partial charge < -0.3 is 39.2 Å². The number of nitrogens with zero attached hydrogens (tertiary/aromatic N) is 3. The number of benzene rings is 2. The van der Waals surface area contributed by atoms with Crippen LogP contribution in [0.2, 0.25) is 0 Å². The second-order valence-corrected chi connectivity index (χ2v) is 19.1. The second-order valence-electron chi connectivity index (χ2n) is 19.1. The normalized spacial score (nSPS) is 18.9. The Hall–Kier alpha value is -5.62. The molecule has 12 heteroatoms. The maximum Gasteiger partial charge on any atom is 0.274 e. The van der Waals surface area contributed by atoms with Crippen molar-refractivity contribution in [3.05, 3.63) is 80.8 Å². The molecule has 3 N–H and O–H groups in total. The Labute approximate surface area is 416 Å². The number of piperidine rings is 1. The van der Waals surface area contributed by atoms with E-state index in [0.29, 0.717) is 85.0 Å². The predicted octanol–water partition coefficient (Wildman–Crippen LogP) is 12.8. The average molecular weight is 960 g/mol. The van der Waals surface area contributed by atoms with Crippen LogP contribution in [-0.2, 0) is 28.9 Å². The lowest BCUT2D eigenvalue weighted by Crippen LogP contribution is -2.32. The van der Waals surface area contributed by atoms with Gasteiger partial charge in [0, 0.05) is 65.1 Å². The molecule has 1 spiro atoms. The SMILES string of the molecule is C/C=C(/C)C1=CC(=O)C=C2N(C(=O)c3cc4c5c(c(C(O)CCCC)c(OC)c4[nH]3)N(C(=O)c3cc4c6c(c(CCC)c(OC)c4[nH]3)N(C(=O)CC)CC6)CC5)CC3CC123.CC.CCC.CCCCC. The molecular weight excluding hydrogens is 879 g/mol. The first-order valence-electron chi connectivity index (χ1n) is 26.5. The van der Waals surface area contributed by atoms with Crippen molar-refractivity contribution in [1.82, 2.24) is 14.9 Å². The molecule has 1 saturated carbocycles. The number of hydrogen-bond acceptors (Lipinski definition) is 7. The molecule has 4 aromatic rings. The number of rotatable bonds is 14. The van der Waals surface area contributed by atoms with E-state index < -0.39 is 6.10 Å². The Balaban J connectivity index is 0.000000740. The van der Waals surface area contributed by atoms with Gasteiger partial charge in [0.15, 0.2) is 11.5 Å². The Morgan fingerprint density at radius 2 is 1.36 bits per heavy atom. The number of aromatic amines is 2. The molecule has 0 bridgehead atoms. The van der Waals surface area contributed by atoms with Crippen molar-refractivity contribution in [2.24, 2.45) is 11.3 Å². The van der Waals surface area contributed by atoms with Crippen molar-refractivity contribution in [1.29, 1.82) is 0 Å². The van der Waals surface area contributed by atoms with Crippen molar-refractivity contribution in [2.45, 2.75) is 166 Å². The first-order chi connectivity index (χ1) is 33.8. The van der Waals surface area contributed by atoms with Crippen LogP contribution in [0.4, 0.5) is 11.4 Å². The Morgan fingerprint density at radius 3 is 1.89 bits per heavy atom. The van der Waals surface area contributed by atoms with E-state index in [1.54, 1.807) is 36.2 Å². The van der Waals surface area contributed by atoms with Crippen molar-refractivity contribution >= 4 is 56.7 Å². The van der Waals surface area contributed by atoms with Crippen LogP contribution in [0.3, 0.4) is 0 Å². The zero-order valence-electron chi connectivity index (χ0n) is 44.6. The number of amides is 3. The van der Waals surface area contributed by atoms with Crippen LogP contribution < -0.4 is 19.3 Å². The summed E-state index contributed by atoms with van der Waals surface area (Å²) in [6.45, 7) is 24.2. The lowest BCUT2D eigenvalue weighted by Gasteiger charge is -2.29. The summed E-state index contributed by atoms with van der Waals surface area (Å²) in [6, 6.07) is 3.74. The second kappa shape index (κ2) is 23.1. The van der Waals surface area contributed by atoms with E-state index >= 15 is 0 Å². The molecule has 2 aromatic carbocycles. The fourth-order valence-electron chi connectivity index (χ4n) is 11.3. The maximum absolute atomic E-state index is 15.0. The Kier molecular flexibility index (Phi) is 17.7. The van der Waals surface area contributed by atoms with Gasteiger partial charge in [-0.15, -0.1) is 0 Å². The van der Waals surface area contributed by atoms with Crippen molar-refractivity contribution in [3.63, 3.8) is 0 Å². The number of aliphatic hydroxyl groups excluding tert-OH is 1. The molecule has 0 radical (unpaired) electrons. The van der Waals surface area contributed by atoms with Crippen LogP contribution in [0.1, 0.15) is 190 Å². The number of unbranched alkanes of at least 4 members (excludes halogenated alkanes) is 3. The average Bonchev–Trinajstić information content (AvgIpc) is 4.02. The van der Waals surface area contributed by atoms with Crippen molar-refractivity contribution in [2.75, 3.05) is 43.7 Å². The minimum atomic E-state index is -0.942.